The Kier molecular flexibility index (Phi) is 5.34. The van der Waals surface area contributed by atoms with Crippen molar-refractivity contribution in [3.63, 3.8) is 0 Å². The minimum Gasteiger partial charge on any atom is -0.496 e. The zero-order valence-corrected chi connectivity index (χ0v) is 12.1. The molecule has 2 N–H and O–H groups in total. The highest BCUT2D eigenvalue weighted by Crippen LogP contribution is 2.28. The summed E-state index contributed by atoms with van der Waals surface area (Å²) in [4.78, 5) is 2.31. The van der Waals surface area contributed by atoms with E-state index in [4.69, 9.17) is 15.2 Å². The van der Waals surface area contributed by atoms with Crippen molar-refractivity contribution in [3.8, 4) is 5.75 Å². The lowest BCUT2D eigenvalue weighted by Crippen LogP contribution is -2.42. The highest BCUT2D eigenvalue weighted by atomic mass is 19.1. The Hall–Kier alpha value is -1.17. The fourth-order valence-electron chi connectivity index (χ4n) is 2.61. The van der Waals surface area contributed by atoms with Gasteiger partial charge in [-0.25, -0.2) is 4.39 Å². The van der Waals surface area contributed by atoms with Gasteiger partial charge in [-0.2, -0.15) is 0 Å². The number of halogens is 1. The molecule has 1 aromatic rings. The van der Waals surface area contributed by atoms with Crippen LogP contribution < -0.4 is 10.5 Å². The summed E-state index contributed by atoms with van der Waals surface area (Å²) in [7, 11) is 1.54. The Morgan fingerprint density at radius 3 is 3.05 bits per heavy atom. The van der Waals surface area contributed by atoms with Crippen molar-refractivity contribution in [2.75, 3.05) is 33.4 Å². The molecule has 2 unspecified atom stereocenters. The van der Waals surface area contributed by atoms with Crippen LogP contribution in [0.4, 0.5) is 4.39 Å². The fraction of sp³-hybridized carbons (Fsp3) is 0.600. The summed E-state index contributed by atoms with van der Waals surface area (Å²) in [6, 6.07) is 4.45. The Labute approximate surface area is 119 Å². The maximum absolute atomic E-state index is 13.9. The van der Waals surface area contributed by atoms with Gasteiger partial charge in [-0.1, -0.05) is 6.07 Å². The third-order valence-corrected chi connectivity index (χ3v) is 3.69. The maximum atomic E-state index is 13.9. The Morgan fingerprint density at radius 2 is 2.35 bits per heavy atom. The molecule has 0 aromatic heterocycles. The number of benzene rings is 1. The number of hydrogen-bond donors (Lipinski definition) is 1. The molecule has 5 heteroatoms. The van der Waals surface area contributed by atoms with E-state index in [9.17, 15) is 4.39 Å². The minimum absolute atomic E-state index is 0.253. The third kappa shape index (κ3) is 3.69. The molecule has 2 rings (SSSR count). The minimum atomic E-state index is -0.357. The van der Waals surface area contributed by atoms with Crippen molar-refractivity contribution in [2.24, 2.45) is 5.73 Å². The van der Waals surface area contributed by atoms with Gasteiger partial charge in [0.05, 0.1) is 19.8 Å². The molecule has 0 amide bonds. The number of hydrogen-bond acceptors (Lipinski definition) is 4. The molecule has 0 bridgehead atoms. The summed E-state index contributed by atoms with van der Waals surface area (Å²) in [5, 5.41) is 0. The van der Waals surface area contributed by atoms with Crippen LogP contribution in [0.5, 0.6) is 5.75 Å². The summed E-state index contributed by atoms with van der Waals surface area (Å²) in [5.41, 5.74) is 6.61. The van der Waals surface area contributed by atoms with Gasteiger partial charge in [-0.05, 0) is 25.5 Å². The predicted octanol–water partition coefficient (Wildman–Crippen LogP) is 1.94. The molecule has 4 nitrogen and oxygen atoms in total. The first-order valence-electron chi connectivity index (χ1n) is 7.03. The first-order valence-corrected chi connectivity index (χ1v) is 7.03. The quantitative estimate of drug-likeness (QED) is 0.896. The molecule has 0 aliphatic carbocycles. The summed E-state index contributed by atoms with van der Waals surface area (Å²) in [5.74, 6) is 0.222. The van der Waals surface area contributed by atoms with E-state index in [1.807, 2.05) is 0 Å². The van der Waals surface area contributed by atoms with E-state index in [2.05, 4.69) is 11.8 Å². The smallest absolute Gasteiger partial charge is 0.131 e. The predicted molar refractivity (Wildman–Crippen MR) is 76.4 cm³/mol. The maximum Gasteiger partial charge on any atom is 0.131 e. The second kappa shape index (κ2) is 7.02. The third-order valence-electron chi connectivity index (χ3n) is 3.69. The fourth-order valence-corrected chi connectivity index (χ4v) is 2.61. The SMILES string of the molecule is COc1cccc(F)c1C(N)CCN1CCOC(C)C1. The molecule has 0 radical (unpaired) electrons. The Morgan fingerprint density at radius 1 is 1.55 bits per heavy atom. The second-order valence-electron chi connectivity index (χ2n) is 5.23. The topological polar surface area (TPSA) is 47.7 Å². The van der Waals surface area contributed by atoms with Crippen LogP contribution in [0.2, 0.25) is 0 Å². The molecule has 1 fully saturated rings. The molecular formula is C15H23FN2O2. The number of rotatable bonds is 5. The van der Waals surface area contributed by atoms with Gasteiger partial charge in [0.1, 0.15) is 11.6 Å². The van der Waals surface area contributed by atoms with E-state index < -0.39 is 0 Å². The normalized spacial score (nSPS) is 21.7. The molecule has 1 saturated heterocycles. The van der Waals surface area contributed by atoms with Crippen LogP contribution in [-0.2, 0) is 4.74 Å². The van der Waals surface area contributed by atoms with Gasteiger partial charge in [0.2, 0.25) is 0 Å². The Balaban J connectivity index is 1.96. The summed E-state index contributed by atoms with van der Waals surface area (Å²) < 4.78 is 24.6. The first-order chi connectivity index (χ1) is 9.61. The summed E-state index contributed by atoms with van der Waals surface area (Å²) in [6.45, 7) is 5.46. The van der Waals surface area contributed by atoms with Crippen molar-refractivity contribution in [1.82, 2.24) is 4.90 Å². The standard InChI is InChI=1S/C15H23FN2O2/c1-11-10-18(8-9-20-11)7-6-13(17)15-12(16)4-3-5-14(15)19-2/h3-5,11,13H,6-10,17H2,1-2H3. The monoisotopic (exact) mass is 282 g/mol. The van der Waals surface area contributed by atoms with Crippen LogP contribution in [0, 0.1) is 5.82 Å². The molecule has 2 atom stereocenters. The van der Waals surface area contributed by atoms with Gasteiger partial charge in [-0.3, -0.25) is 4.90 Å². The average Bonchev–Trinajstić information content (AvgIpc) is 2.44. The van der Waals surface area contributed by atoms with Crippen LogP contribution in [-0.4, -0.2) is 44.4 Å². The van der Waals surface area contributed by atoms with Crippen LogP contribution in [0.15, 0.2) is 18.2 Å². The largest absolute Gasteiger partial charge is 0.496 e. The van der Waals surface area contributed by atoms with E-state index in [0.717, 1.165) is 26.2 Å². The molecule has 0 spiro atoms. The van der Waals surface area contributed by atoms with Crippen LogP contribution >= 0.6 is 0 Å². The second-order valence-corrected chi connectivity index (χ2v) is 5.23. The van der Waals surface area contributed by atoms with Crippen LogP contribution in [0.1, 0.15) is 24.9 Å². The highest BCUT2D eigenvalue weighted by Gasteiger charge is 2.20. The lowest BCUT2D eigenvalue weighted by Gasteiger charge is -2.31. The van der Waals surface area contributed by atoms with Crippen LogP contribution in [0.25, 0.3) is 0 Å². The van der Waals surface area contributed by atoms with Gasteiger partial charge in [0, 0.05) is 31.2 Å². The zero-order chi connectivity index (χ0) is 14.5. The average molecular weight is 282 g/mol. The molecule has 1 aliphatic rings. The molecule has 1 aliphatic heterocycles. The van der Waals surface area contributed by atoms with Gasteiger partial charge in [0.15, 0.2) is 0 Å². The number of ether oxygens (including phenoxy) is 2. The molecule has 1 heterocycles. The molecular weight excluding hydrogens is 259 g/mol. The molecule has 0 saturated carbocycles. The van der Waals surface area contributed by atoms with Gasteiger partial charge in [0.25, 0.3) is 0 Å². The van der Waals surface area contributed by atoms with Gasteiger partial charge >= 0.3 is 0 Å². The van der Waals surface area contributed by atoms with Gasteiger partial charge < -0.3 is 15.2 Å². The number of nitrogens with two attached hydrogens (primary N) is 1. The van der Waals surface area contributed by atoms with Crippen molar-refractivity contribution in [2.45, 2.75) is 25.5 Å². The van der Waals surface area contributed by atoms with Gasteiger partial charge in [-0.15, -0.1) is 0 Å². The lowest BCUT2D eigenvalue weighted by atomic mass is 10.0. The van der Waals surface area contributed by atoms with E-state index in [1.54, 1.807) is 12.1 Å². The number of methoxy groups -OCH3 is 1. The number of nitrogens with zero attached hydrogens (tertiary/aromatic N) is 1. The van der Waals surface area contributed by atoms with Crippen LogP contribution in [0.3, 0.4) is 0 Å². The Bertz CT molecular complexity index is 442. The zero-order valence-electron chi connectivity index (χ0n) is 12.1. The lowest BCUT2D eigenvalue weighted by molar-refractivity contribution is -0.0189. The van der Waals surface area contributed by atoms with Crippen molar-refractivity contribution >= 4 is 0 Å². The summed E-state index contributed by atoms with van der Waals surface area (Å²) in [6.07, 6.45) is 0.951. The number of morpholine rings is 1. The van der Waals surface area contributed by atoms with Crippen molar-refractivity contribution in [3.05, 3.63) is 29.6 Å². The molecule has 20 heavy (non-hydrogen) atoms. The van der Waals surface area contributed by atoms with E-state index in [1.165, 1.54) is 13.2 Å². The highest BCUT2D eigenvalue weighted by molar-refractivity contribution is 5.37. The molecule has 1 aromatic carbocycles. The van der Waals surface area contributed by atoms with Crippen molar-refractivity contribution < 1.29 is 13.9 Å². The van der Waals surface area contributed by atoms with E-state index in [0.29, 0.717) is 17.7 Å². The molecule has 112 valence electrons. The van der Waals surface area contributed by atoms with E-state index >= 15 is 0 Å². The van der Waals surface area contributed by atoms with Crippen molar-refractivity contribution in [1.29, 1.82) is 0 Å². The van der Waals surface area contributed by atoms with E-state index in [-0.39, 0.29) is 18.0 Å². The first kappa shape index (κ1) is 15.2. The summed E-state index contributed by atoms with van der Waals surface area (Å²) >= 11 is 0.